The molecule has 1 aliphatic heterocycles. The van der Waals surface area contributed by atoms with E-state index >= 15 is 0 Å². The third kappa shape index (κ3) is 3.48. The third-order valence-corrected chi connectivity index (χ3v) is 4.43. The summed E-state index contributed by atoms with van der Waals surface area (Å²) in [6.07, 6.45) is 1.05. The van der Waals surface area contributed by atoms with Crippen molar-refractivity contribution in [1.29, 1.82) is 0 Å². The summed E-state index contributed by atoms with van der Waals surface area (Å²) in [6.45, 7) is 5.44. The molecule has 0 aromatic heterocycles. The van der Waals surface area contributed by atoms with Gasteiger partial charge >= 0.3 is 0 Å². The van der Waals surface area contributed by atoms with Crippen LogP contribution in [0.15, 0.2) is 24.3 Å². The van der Waals surface area contributed by atoms with Crippen molar-refractivity contribution in [3.63, 3.8) is 0 Å². The van der Waals surface area contributed by atoms with Crippen molar-refractivity contribution < 1.29 is 4.74 Å². The summed E-state index contributed by atoms with van der Waals surface area (Å²) < 4.78 is 5.53. The van der Waals surface area contributed by atoms with Crippen LogP contribution in [-0.4, -0.2) is 38.3 Å². The van der Waals surface area contributed by atoms with E-state index in [9.17, 15) is 0 Å². The third-order valence-electron chi connectivity index (χ3n) is 4.20. The summed E-state index contributed by atoms with van der Waals surface area (Å²) in [5.41, 5.74) is 7.30. The van der Waals surface area contributed by atoms with Gasteiger partial charge in [-0.2, -0.15) is 0 Å². The van der Waals surface area contributed by atoms with Gasteiger partial charge in [0.25, 0.3) is 0 Å². The van der Waals surface area contributed by atoms with Crippen LogP contribution in [0.1, 0.15) is 24.9 Å². The summed E-state index contributed by atoms with van der Waals surface area (Å²) in [5.74, 6) is 0. The fraction of sp³-hybridized carbons (Fsp3) is 0.600. The van der Waals surface area contributed by atoms with Gasteiger partial charge in [0.1, 0.15) is 0 Å². The molecule has 0 amide bonds. The predicted molar refractivity (Wildman–Crippen MR) is 79.4 cm³/mol. The molecule has 1 aromatic carbocycles. The van der Waals surface area contributed by atoms with Crippen molar-refractivity contribution in [2.75, 3.05) is 33.4 Å². The van der Waals surface area contributed by atoms with Gasteiger partial charge in [0.05, 0.1) is 6.61 Å². The van der Waals surface area contributed by atoms with E-state index < -0.39 is 0 Å². The van der Waals surface area contributed by atoms with Gasteiger partial charge in [-0.15, -0.1) is 0 Å². The highest BCUT2D eigenvalue weighted by atomic mass is 35.5. The number of rotatable bonds is 5. The van der Waals surface area contributed by atoms with E-state index in [-0.39, 0.29) is 5.41 Å². The van der Waals surface area contributed by atoms with Crippen LogP contribution in [0.5, 0.6) is 0 Å². The molecule has 3 nitrogen and oxygen atoms in total. The first-order valence-electron chi connectivity index (χ1n) is 6.80. The molecule has 1 saturated heterocycles. The molecule has 2 rings (SSSR count). The molecular weight excluding hydrogens is 260 g/mol. The Morgan fingerprint density at radius 1 is 1.53 bits per heavy atom. The largest absolute Gasteiger partial charge is 0.381 e. The zero-order valence-corrected chi connectivity index (χ0v) is 12.5. The lowest BCUT2D eigenvalue weighted by molar-refractivity contribution is 0.110. The molecule has 0 spiro atoms. The number of nitrogens with two attached hydrogens (primary N) is 1. The minimum atomic E-state index is 0.113. The molecule has 1 fully saturated rings. The van der Waals surface area contributed by atoms with Crippen molar-refractivity contribution >= 4 is 11.6 Å². The Morgan fingerprint density at radius 2 is 2.32 bits per heavy atom. The summed E-state index contributed by atoms with van der Waals surface area (Å²) in [4.78, 5) is 2.34. The monoisotopic (exact) mass is 282 g/mol. The number of ether oxygens (including phenoxy) is 1. The first-order chi connectivity index (χ1) is 9.06. The summed E-state index contributed by atoms with van der Waals surface area (Å²) in [5, 5.41) is 0.787. The van der Waals surface area contributed by atoms with E-state index in [4.69, 9.17) is 22.1 Å². The number of benzene rings is 1. The van der Waals surface area contributed by atoms with Crippen LogP contribution in [0, 0.1) is 5.41 Å². The molecule has 0 radical (unpaired) electrons. The molecule has 2 atom stereocenters. The molecule has 1 aliphatic rings. The Morgan fingerprint density at radius 3 is 2.89 bits per heavy atom. The van der Waals surface area contributed by atoms with Crippen molar-refractivity contribution in [3.05, 3.63) is 34.9 Å². The lowest BCUT2D eigenvalue weighted by Gasteiger charge is -2.34. The second-order valence-electron chi connectivity index (χ2n) is 5.65. The Labute approximate surface area is 120 Å². The molecule has 0 bridgehead atoms. The molecule has 106 valence electrons. The van der Waals surface area contributed by atoms with E-state index in [1.165, 1.54) is 5.56 Å². The van der Waals surface area contributed by atoms with Gasteiger partial charge in [-0.3, -0.25) is 4.90 Å². The maximum absolute atomic E-state index is 6.06. The van der Waals surface area contributed by atoms with Gasteiger partial charge in [0.15, 0.2) is 0 Å². The predicted octanol–water partition coefficient (Wildman–Crippen LogP) is 2.70. The molecule has 1 heterocycles. The lowest BCUT2D eigenvalue weighted by atomic mass is 9.86. The van der Waals surface area contributed by atoms with Gasteiger partial charge in [0, 0.05) is 36.2 Å². The van der Waals surface area contributed by atoms with E-state index in [0.29, 0.717) is 12.6 Å². The maximum Gasteiger partial charge on any atom is 0.0547 e. The van der Waals surface area contributed by atoms with Crippen LogP contribution in [0.2, 0.25) is 5.02 Å². The standard InChI is InChI=1S/C15H23ClN2O/c1-12(13-4-3-5-14(16)8-13)18(2)10-15(9-17)6-7-19-11-15/h3-5,8,12H,6-7,9-11,17H2,1-2H3. The van der Waals surface area contributed by atoms with Crippen LogP contribution in [0.3, 0.4) is 0 Å². The minimum absolute atomic E-state index is 0.113. The molecule has 19 heavy (non-hydrogen) atoms. The number of nitrogens with zero attached hydrogens (tertiary/aromatic N) is 1. The van der Waals surface area contributed by atoms with E-state index in [1.54, 1.807) is 0 Å². The van der Waals surface area contributed by atoms with E-state index in [1.807, 2.05) is 18.2 Å². The highest BCUT2D eigenvalue weighted by Crippen LogP contribution is 2.31. The topological polar surface area (TPSA) is 38.5 Å². The SMILES string of the molecule is CC(c1cccc(Cl)c1)N(C)CC1(CN)CCOC1. The molecule has 2 unspecified atom stereocenters. The average Bonchev–Trinajstić information content (AvgIpc) is 2.87. The molecule has 0 aliphatic carbocycles. The van der Waals surface area contributed by atoms with Gasteiger partial charge in [-0.1, -0.05) is 23.7 Å². The van der Waals surface area contributed by atoms with Crippen LogP contribution < -0.4 is 5.73 Å². The first-order valence-corrected chi connectivity index (χ1v) is 7.18. The Balaban J connectivity index is 2.04. The fourth-order valence-corrected chi connectivity index (χ4v) is 2.89. The Kier molecular flexibility index (Phi) is 4.85. The first kappa shape index (κ1) is 14.8. The van der Waals surface area contributed by atoms with Crippen molar-refractivity contribution in [2.24, 2.45) is 11.1 Å². The molecular formula is C15H23ClN2O. The zero-order chi connectivity index (χ0) is 13.9. The van der Waals surface area contributed by atoms with Crippen LogP contribution in [0.4, 0.5) is 0 Å². The van der Waals surface area contributed by atoms with Gasteiger partial charge < -0.3 is 10.5 Å². The normalized spacial score (nSPS) is 24.9. The minimum Gasteiger partial charge on any atom is -0.381 e. The quantitative estimate of drug-likeness (QED) is 0.902. The number of halogens is 1. The maximum atomic E-state index is 6.06. The molecule has 1 aromatic rings. The fourth-order valence-electron chi connectivity index (χ4n) is 2.69. The lowest BCUT2D eigenvalue weighted by Crippen LogP contribution is -2.42. The van der Waals surface area contributed by atoms with E-state index in [0.717, 1.165) is 31.2 Å². The molecule has 2 N–H and O–H groups in total. The summed E-state index contributed by atoms with van der Waals surface area (Å²) in [7, 11) is 2.14. The summed E-state index contributed by atoms with van der Waals surface area (Å²) in [6, 6.07) is 8.38. The van der Waals surface area contributed by atoms with E-state index in [2.05, 4.69) is 24.9 Å². The van der Waals surface area contributed by atoms with Crippen LogP contribution >= 0.6 is 11.6 Å². The zero-order valence-electron chi connectivity index (χ0n) is 11.7. The van der Waals surface area contributed by atoms with Crippen molar-refractivity contribution in [1.82, 2.24) is 4.90 Å². The molecule has 0 saturated carbocycles. The van der Waals surface area contributed by atoms with Gasteiger partial charge in [-0.05, 0) is 38.1 Å². The molecule has 4 heteroatoms. The van der Waals surface area contributed by atoms with Crippen LogP contribution in [0.25, 0.3) is 0 Å². The highest BCUT2D eigenvalue weighted by molar-refractivity contribution is 6.30. The van der Waals surface area contributed by atoms with Gasteiger partial charge in [0.2, 0.25) is 0 Å². The Bertz CT molecular complexity index is 418. The second-order valence-corrected chi connectivity index (χ2v) is 6.09. The van der Waals surface area contributed by atoms with Crippen LogP contribution in [-0.2, 0) is 4.74 Å². The van der Waals surface area contributed by atoms with Crippen molar-refractivity contribution in [3.8, 4) is 0 Å². The van der Waals surface area contributed by atoms with Crippen molar-refractivity contribution in [2.45, 2.75) is 19.4 Å². The average molecular weight is 283 g/mol. The highest BCUT2D eigenvalue weighted by Gasteiger charge is 2.35. The number of hydrogen-bond acceptors (Lipinski definition) is 3. The second kappa shape index (κ2) is 6.23. The summed E-state index contributed by atoms with van der Waals surface area (Å²) >= 11 is 6.06. The Hall–Kier alpha value is -0.610. The smallest absolute Gasteiger partial charge is 0.0547 e. The van der Waals surface area contributed by atoms with Gasteiger partial charge in [-0.25, -0.2) is 0 Å². The number of hydrogen-bond donors (Lipinski definition) is 1.